The lowest BCUT2D eigenvalue weighted by Gasteiger charge is -2.24. The van der Waals surface area contributed by atoms with Crippen LogP contribution in [-0.4, -0.2) is 33.5 Å². The van der Waals surface area contributed by atoms with Crippen molar-refractivity contribution in [1.82, 2.24) is 20.3 Å². The fourth-order valence-electron chi connectivity index (χ4n) is 2.89. The third kappa shape index (κ3) is 3.27. The zero-order chi connectivity index (χ0) is 15.6. The van der Waals surface area contributed by atoms with Gasteiger partial charge >= 0.3 is 0 Å². The van der Waals surface area contributed by atoms with Crippen molar-refractivity contribution in [3.63, 3.8) is 0 Å². The Labute approximate surface area is 134 Å². The Morgan fingerprint density at radius 3 is 2.91 bits per heavy atom. The number of amides is 1. The van der Waals surface area contributed by atoms with Crippen LogP contribution in [-0.2, 0) is 22.7 Å². The molecule has 1 amide bonds. The van der Waals surface area contributed by atoms with E-state index >= 15 is 0 Å². The first kappa shape index (κ1) is 14.4. The van der Waals surface area contributed by atoms with E-state index in [1.54, 1.807) is 0 Å². The molecule has 0 saturated heterocycles. The van der Waals surface area contributed by atoms with Gasteiger partial charge in [-0.15, -0.1) is 5.10 Å². The third-order valence-electron chi connectivity index (χ3n) is 4.42. The van der Waals surface area contributed by atoms with Crippen molar-refractivity contribution in [2.75, 3.05) is 6.54 Å². The molecule has 0 radical (unpaired) electrons. The van der Waals surface area contributed by atoms with Crippen LogP contribution in [0.25, 0.3) is 11.3 Å². The number of fused-ring (bicyclic) bond motifs is 1. The Bertz CT molecular complexity index is 694. The van der Waals surface area contributed by atoms with Gasteiger partial charge in [0.1, 0.15) is 5.69 Å². The monoisotopic (exact) mass is 312 g/mol. The molecule has 1 fully saturated rings. The van der Waals surface area contributed by atoms with Crippen LogP contribution in [0.1, 0.15) is 25.0 Å². The molecule has 1 unspecified atom stereocenters. The number of hydrogen-bond acceptors (Lipinski definition) is 4. The predicted octanol–water partition coefficient (Wildman–Crippen LogP) is 1.76. The van der Waals surface area contributed by atoms with Gasteiger partial charge in [0.2, 0.25) is 5.91 Å². The summed E-state index contributed by atoms with van der Waals surface area (Å²) in [4.78, 5) is 11.8. The van der Waals surface area contributed by atoms with Crippen molar-refractivity contribution >= 4 is 5.91 Å². The molecule has 2 heterocycles. The van der Waals surface area contributed by atoms with Crippen LogP contribution in [0.4, 0.5) is 0 Å². The lowest BCUT2D eigenvalue weighted by atomic mass is 10.1. The molecule has 23 heavy (non-hydrogen) atoms. The van der Waals surface area contributed by atoms with Crippen molar-refractivity contribution < 1.29 is 9.53 Å². The largest absolute Gasteiger partial charge is 0.368 e. The lowest BCUT2D eigenvalue weighted by molar-refractivity contribution is -0.122. The molecule has 0 bridgehead atoms. The van der Waals surface area contributed by atoms with Crippen molar-refractivity contribution in [1.29, 1.82) is 0 Å². The molecule has 2 aliphatic rings. The maximum atomic E-state index is 11.8. The second-order valence-corrected chi connectivity index (χ2v) is 6.32. The van der Waals surface area contributed by atoms with Crippen molar-refractivity contribution in [2.24, 2.45) is 5.92 Å². The van der Waals surface area contributed by atoms with Gasteiger partial charge in [0.25, 0.3) is 0 Å². The van der Waals surface area contributed by atoms with Gasteiger partial charge in [-0.2, -0.15) is 0 Å². The molecule has 1 aliphatic heterocycles. The number of nitrogens with one attached hydrogen (secondary N) is 1. The van der Waals surface area contributed by atoms with Crippen LogP contribution in [0.15, 0.2) is 30.3 Å². The fraction of sp³-hybridized carbons (Fsp3) is 0.471. The lowest BCUT2D eigenvalue weighted by Crippen LogP contribution is -2.39. The number of rotatable bonds is 5. The van der Waals surface area contributed by atoms with Crippen LogP contribution < -0.4 is 5.32 Å². The predicted molar refractivity (Wildman–Crippen MR) is 84.4 cm³/mol. The van der Waals surface area contributed by atoms with Crippen molar-refractivity contribution in [3.05, 3.63) is 36.0 Å². The average molecular weight is 312 g/mol. The van der Waals surface area contributed by atoms with Gasteiger partial charge in [-0.25, -0.2) is 4.68 Å². The molecular weight excluding hydrogens is 292 g/mol. The summed E-state index contributed by atoms with van der Waals surface area (Å²) in [6.07, 6.45) is 2.99. The number of carbonyl (C=O) groups is 1. The summed E-state index contributed by atoms with van der Waals surface area (Å²) in [5.41, 5.74) is 2.92. The number of aromatic nitrogens is 3. The molecule has 1 saturated carbocycles. The van der Waals surface area contributed by atoms with Crippen molar-refractivity contribution in [2.45, 2.75) is 38.5 Å². The first-order valence-corrected chi connectivity index (χ1v) is 8.15. The minimum Gasteiger partial charge on any atom is -0.368 e. The Hall–Kier alpha value is -2.21. The number of hydrogen-bond donors (Lipinski definition) is 1. The molecular formula is C17H20N4O2. The summed E-state index contributed by atoms with van der Waals surface area (Å²) in [6.45, 7) is 1.63. The fourth-order valence-corrected chi connectivity index (χ4v) is 2.89. The van der Waals surface area contributed by atoms with Crippen molar-refractivity contribution in [3.8, 4) is 11.3 Å². The van der Waals surface area contributed by atoms with E-state index in [2.05, 4.69) is 15.6 Å². The van der Waals surface area contributed by atoms with E-state index in [0.29, 0.717) is 32.0 Å². The number of ether oxygens (including phenoxy) is 1. The van der Waals surface area contributed by atoms with Crippen LogP contribution in [0.3, 0.4) is 0 Å². The van der Waals surface area contributed by atoms with Crippen LogP contribution in [0, 0.1) is 5.92 Å². The maximum absolute atomic E-state index is 11.8. The van der Waals surface area contributed by atoms with Gasteiger partial charge in [-0.3, -0.25) is 4.79 Å². The molecule has 1 aliphatic carbocycles. The number of nitrogens with zero attached hydrogens (tertiary/aromatic N) is 3. The quantitative estimate of drug-likeness (QED) is 0.913. The normalized spacial score (nSPS) is 20.1. The highest BCUT2D eigenvalue weighted by molar-refractivity contribution is 5.76. The molecule has 1 N–H and O–H groups in total. The molecule has 0 spiro atoms. The molecule has 4 rings (SSSR count). The summed E-state index contributed by atoms with van der Waals surface area (Å²) < 4.78 is 7.77. The van der Waals surface area contributed by atoms with Crippen LogP contribution in [0.2, 0.25) is 0 Å². The smallest absolute Gasteiger partial charge is 0.220 e. The topological polar surface area (TPSA) is 69.0 Å². The second-order valence-electron chi connectivity index (χ2n) is 6.32. The molecule has 1 atom stereocenters. The van der Waals surface area contributed by atoms with Gasteiger partial charge in [-0.1, -0.05) is 35.5 Å². The van der Waals surface area contributed by atoms with E-state index in [0.717, 1.165) is 17.0 Å². The summed E-state index contributed by atoms with van der Waals surface area (Å²) >= 11 is 0. The first-order valence-electron chi connectivity index (χ1n) is 8.15. The molecule has 1 aromatic heterocycles. The maximum Gasteiger partial charge on any atom is 0.220 e. The molecule has 1 aromatic carbocycles. The van der Waals surface area contributed by atoms with Gasteiger partial charge in [0, 0.05) is 18.5 Å². The van der Waals surface area contributed by atoms with E-state index in [-0.39, 0.29) is 12.0 Å². The highest BCUT2D eigenvalue weighted by Crippen LogP contribution is 2.32. The highest BCUT2D eigenvalue weighted by Gasteiger charge is 2.27. The second kappa shape index (κ2) is 6.12. The van der Waals surface area contributed by atoms with E-state index in [9.17, 15) is 4.79 Å². The summed E-state index contributed by atoms with van der Waals surface area (Å²) in [6, 6.07) is 10.0. The van der Waals surface area contributed by atoms with Gasteiger partial charge in [-0.05, 0) is 18.8 Å². The van der Waals surface area contributed by atoms with E-state index in [4.69, 9.17) is 4.74 Å². The van der Waals surface area contributed by atoms with Gasteiger partial charge in [0.05, 0.1) is 24.9 Å². The first-order chi connectivity index (χ1) is 11.3. The molecule has 120 valence electrons. The van der Waals surface area contributed by atoms with Gasteiger partial charge < -0.3 is 10.1 Å². The molecule has 6 heteroatoms. The Morgan fingerprint density at radius 2 is 2.13 bits per heavy atom. The molecule has 6 nitrogen and oxygen atoms in total. The zero-order valence-electron chi connectivity index (χ0n) is 12.9. The van der Waals surface area contributed by atoms with Crippen LogP contribution >= 0.6 is 0 Å². The SMILES string of the molecule is O=C(CC1CC1)NCC1Cn2nnc(-c3ccccc3)c2CO1. The van der Waals surface area contributed by atoms with Crippen LogP contribution in [0.5, 0.6) is 0 Å². The summed E-state index contributed by atoms with van der Waals surface area (Å²) in [5, 5.41) is 11.5. The van der Waals surface area contributed by atoms with Gasteiger partial charge in [0.15, 0.2) is 0 Å². The Kier molecular flexibility index (Phi) is 3.83. The molecule has 2 aromatic rings. The number of benzene rings is 1. The third-order valence-corrected chi connectivity index (χ3v) is 4.42. The average Bonchev–Trinajstić information content (AvgIpc) is 3.29. The highest BCUT2D eigenvalue weighted by atomic mass is 16.5. The Morgan fingerprint density at radius 1 is 1.30 bits per heavy atom. The minimum atomic E-state index is -0.0454. The van der Waals surface area contributed by atoms with E-state index < -0.39 is 0 Å². The standard InChI is InChI=1S/C17H20N4O2/c22-16(8-12-6-7-12)18-9-14-10-21-15(11-23-14)17(19-20-21)13-4-2-1-3-5-13/h1-5,12,14H,6-11H2,(H,18,22). The Balaban J connectivity index is 1.38. The summed E-state index contributed by atoms with van der Waals surface area (Å²) in [7, 11) is 0. The van der Waals surface area contributed by atoms with E-state index in [1.165, 1.54) is 12.8 Å². The summed E-state index contributed by atoms with van der Waals surface area (Å²) in [5.74, 6) is 0.739. The zero-order valence-corrected chi connectivity index (χ0v) is 12.9. The minimum absolute atomic E-state index is 0.0454. The number of carbonyl (C=O) groups excluding carboxylic acids is 1. The van der Waals surface area contributed by atoms with E-state index in [1.807, 2.05) is 35.0 Å².